The number of anilines is 1. The molecule has 0 spiro atoms. The number of esters is 1. The summed E-state index contributed by atoms with van der Waals surface area (Å²) < 4.78 is 57.9. The van der Waals surface area contributed by atoms with Crippen LogP contribution in [0.15, 0.2) is 64.4 Å². The number of ether oxygens (including phenoxy) is 1. The maximum Gasteiger partial charge on any atom is 0.324 e. The van der Waals surface area contributed by atoms with Gasteiger partial charge in [0, 0.05) is 18.8 Å². The van der Waals surface area contributed by atoms with Gasteiger partial charge in [-0.1, -0.05) is 32.0 Å². The average molecular weight is 498 g/mol. The topological polar surface area (TPSA) is 139 Å². The zero-order chi connectivity index (χ0) is 24.6. The van der Waals surface area contributed by atoms with Crippen LogP contribution in [0.5, 0.6) is 0 Å². The van der Waals surface area contributed by atoms with Crippen molar-refractivity contribution in [3.8, 4) is 0 Å². The van der Waals surface area contributed by atoms with Crippen molar-refractivity contribution in [3.05, 3.63) is 54.6 Å². The van der Waals surface area contributed by atoms with Crippen LogP contribution in [0.1, 0.15) is 20.8 Å². The van der Waals surface area contributed by atoms with Crippen molar-refractivity contribution in [2.45, 2.75) is 36.6 Å². The average Bonchev–Trinajstić information content (AvgIpc) is 2.78. The molecule has 180 valence electrons. The molecule has 0 aliphatic rings. The number of benzene rings is 2. The molecular formula is C21H27N3O7S2. The van der Waals surface area contributed by atoms with E-state index < -0.39 is 44.6 Å². The lowest BCUT2D eigenvalue weighted by molar-refractivity contribution is -0.148. The van der Waals surface area contributed by atoms with Crippen molar-refractivity contribution >= 4 is 37.6 Å². The highest BCUT2D eigenvalue weighted by Crippen LogP contribution is 2.18. The molecule has 0 saturated heterocycles. The van der Waals surface area contributed by atoms with Crippen molar-refractivity contribution in [1.29, 1.82) is 0 Å². The smallest absolute Gasteiger partial charge is 0.324 e. The van der Waals surface area contributed by atoms with E-state index >= 15 is 0 Å². The summed E-state index contributed by atoms with van der Waals surface area (Å²) in [4.78, 5) is 24.2. The molecule has 0 aromatic heterocycles. The van der Waals surface area contributed by atoms with Crippen molar-refractivity contribution in [2.24, 2.45) is 0 Å². The maximum absolute atomic E-state index is 12.5. The van der Waals surface area contributed by atoms with Crippen LogP contribution in [0, 0.1) is 0 Å². The first kappa shape index (κ1) is 26.5. The van der Waals surface area contributed by atoms with E-state index in [1.807, 2.05) is 0 Å². The Balaban J connectivity index is 1.90. The third-order valence-electron chi connectivity index (χ3n) is 4.57. The summed E-state index contributed by atoms with van der Waals surface area (Å²) >= 11 is 0. The van der Waals surface area contributed by atoms with Gasteiger partial charge in [-0.15, -0.1) is 0 Å². The first-order valence-corrected chi connectivity index (χ1v) is 13.1. The van der Waals surface area contributed by atoms with Crippen molar-refractivity contribution in [3.63, 3.8) is 0 Å². The van der Waals surface area contributed by atoms with E-state index in [-0.39, 0.29) is 9.79 Å². The molecule has 2 aromatic rings. The molecule has 0 heterocycles. The predicted octanol–water partition coefficient (Wildman–Crippen LogP) is 1.57. The summed E-state index contributed by atoms with van der Waals surface area (Å²) in [5.74, 6) is -1.59. The largest absolute Gasteiger partial charge is 0.454 e. The molecule has 1 amide bonds. The summed E-state index contributed by atoms with van der Waals surface area (Å²) in [7, 11) is -7.54. The molecule has 10 nitrogen and oxygen atoms in total. The number of carbonyl (C=O) groups excluding carboxylic acids is 2. The Morgan fingerprint density at radius 1 is 0.909 bits per heavy atom. The number of hydrogen-bond acceptors (Lipinski definition) is 7. The van der Waals surface area contributed by atoms with Gasteiger partial charge in [0.05, 0.1) is 9.79 Å². The quantitative estimate of drug-likeness (QED) is 0.449. The first-order valence-electron chi connectivity index (χ1n) is 10.1. The SMILES string of the molecule is CCN(CC)S(=O)(=O)c1ccc(NC(=O)COC(=O)C(C)NS(=O)(=O)c2ccccc2)cc1. The number of nitrogens with zero attached hydrogens (tertiary/aromatic N) is 1. The number of sulfonamides is 2. The second-order valence-electron chi connectivity index (χ2n) is 6.93. The van der Waals surface area contributed by atoms with Gasteiger partial charge in [-0.3, -0.25) is 9.59 Å². The van der Waals surface area contributed by atoms with E-state index in [9.17, 15) is 26.4 Å². The van der Waals surface area contributed by atoms with Crippen molar-refractivity contribution in [1.82, 2.24) is 9.03 Å². The van der Waals surface area contributed by atoms with Crippen LogP contribution in [0.25, 0.3) is 0 Å². The summed E-state index contributed by atoms with van der Waals surface area (Å²) in [6.07, 6.45) is 0. The zero-order valence-corrected chi connectivity index (χ0v) is 20.1. The molecule has 0 saturated carbocycles. The van der Waals surface area contributed by atoms with Gasteiger partial charge in [-0.25, -0.2) is 16.8 Å². The van der Waals surface area contributed by atoms with Crippen LogP contribution in [-0.2, 0) is 34.4 Å². The minimum absolute atomic E-state index is 0.00570. The van der Waals surface area contributed by atoms with E-state index in [1.54, 1.807) is 32.0 Å². The Morgan fingerprint density at radius 2 is 1.48 bits per heavy atom. The lowest BCUT2D eigenvalue weighted by atomic mass is 10.3. The fourth-order valence-electron chi connectivity index (χ4n) is 2.83. The number of hydrogen-bond donors (Lipinski definition) is 2. The minimum Gasteiger partial charge on any atom is -0.454 e. The Bertz CT molecular complexity index is 1160. The molecule has 0 aliphatic heterocycles. The highest BCUT2D eigenvalue weighted by Gasteiger charge is 2.24. The van der Waals surface area contributed by atoms with Gasteiger partial charge >= 0.3 is 5.97 Å². The summed E-state index contributed by atoms with van der Waals surface area (Å²) in [5, 5.41) is 2.48. The molecule has 0 radical (unpaired) electrons. The molecule has 33 heavy (non-hydrogen) atoms. The maximum atomic E-state index is 12.5. The standard InChI is InChI=1S/C21H27N3O7S2/c1-4-24(5-2)33(29,30)19-13-11-17(12-14-19)22-20(25)15-31-21(26)16(3)23-32(27,28)18-9-7-6-8-10-18/h6-14,16,23H,4-5,15H2,1-3H3,(H,22,25). The number of nitrogens with one attached hydrogen (secondary N) is 2. The fourth-order valence-corrected chi connectivity index (χ4v) is 5.50. The van der Waals surface area contributed by atoms with Gasteiger partial charge < -0.3 is 10.1 Å². The molecule has 1 atom stereocenters. The fraction of sp³-hybridized carbons (Fsp3) is 0.333. The first-order chi connectivity index (χ1) is 15.5. The van der Waals surface area contributed by atoms with E-state index in [2.05, 4.69) is 10.0 Å². The van der Waals surface area contributed by atoms with Gasteiger partial charge in [0.2, 0.25) is 20.0 Å². The Hall–Kier alpha value is -2.80. The Labute approximate surface area is 194 Å². The molecule has 1 unspecified atom stereocenters. The number of rotatable bonds is 11. The summed E-state index contributed by atoms with van der Waals surface area (Å²) in [6, 6.07) is 11.9. The molecule has 0 fully saturated rings. The lowest BCUT2D eigenvalue weighted by Gasteiger charge is -2.18. The van der Waals surface area contributed by atoms with Crippen molar-refractivity contribution in [2.75, 3.05) is 25.0 Å². The van der Waals surface area contributed by atoms with E-state index in [4.69, 9.17) is 4.74 Å². The Kier molecular flexibility index (Phi) is 9.11. The van der Waals surface area contributed by atoms with Crippen LogP contribution in [0.3, 0.4) is 0 Å². The second kappa shape index (κ2) is 11.4. The van der Waals surface area contributed by atoms with Crippen LogP contribution in [-0.4, -0.2) is 58.8 Å². The van der Waals surface area contributed by atoms with E-state index in [1.165, 1.54) is 47.6 Å². The second-order valence-corrected chi connectivity index (χ2v) is 10.6. The molecule has 2 rings (SSSR count). The highest BCUT2D eigenvalue weighted by molar-refractivity contribution is 7.89. The number of carbonyl (C=O) groups is 2. The van der Waals surface area contributed by atoms with Crippen molar-refractivity contribution < 1.29 is 31.2 Å². The van der Waals surface area contributed by atoms with Gasteiger partial charge in [0.25, 0.3) is 5.91 Å². The van der Waals surface area contributed by atoms with Gasteiger partial charge in [0.15, 0.2) is 6.61 Å². The zero-order valence-electron chi connectivity index (χ0n) is 18.5. The Morgan fingerprint density at radius 3 is 2.03 bits per heavy atom. The highest BCUT2D eigenvalue weighted by atomic mass is 32.2. The van der Waals surface area contributed by atoms with Gasteiger partial charge in [-0.05, 0) is 43.3 Å². The minimum atomic E-state index is -3.92. The van der Waals surface area contributed by atoms with E-state index in [0.717, 1.165) is 0 Å². The van der Waals surface area contributed by atoms with Crippen LogP contribution < -0.4 is 10.0 Å². The molecule has 0 bridgehead atoms. The van der Waals surface area contributed by atoms with E-state index in [0.29, 0.717) is 18.8 Å². The van der Waals surface area contributed by atoms with Gasteiger partial charge in [0.1, 0.15) is 6.04 Å². The van der Waals surface area contributed by atoms with Crippen LogP contribution >= 0.6 is 0 Å². The summed E-state index contributed by atoms with van der Waals surface area (Å²) in [6.45, 7) is 4.81. The summed E-state index contributed by atoms with van der Waals surface area (Å²) in [5.41, 5.74) is 0.312. The lowest BCUT2D eigenvalue weighted by Crippen LogP contribution is -2.40. The predicted molar refractivity (Wildman–Crippen MR) is 122 cm³/mol. The molecule has 12 heteroatoms. The molecule has 0 aliphatic carbocycles. The van der Waals surface area contributed by atoms with Crippen LogP contribution in [0.2, 0.25) is 0 Å². The molecule has 2 aromatic carbocycles. The number of amides is 1. The van der Waals surface area contributed by atoms with Crippen LogP contribution in [0.4, 0.5) is 5.69 Å². The molecular weight excluding hydrogens is 470 g/mol. The van der Waals surface area contributed by atoms with Gasteiger partial charge in [-0.2, -0.15) is 9.03 Å². The monoisotopic (exact) mass is 497 g/mol. The molecule has 2 N–H and O–H groups in total. The third-order valence-corrected chi connectivity index (χ3v) is 8.19. The normalized spacial score (nSPS) is 12.8. The third kappa shape index (κ3) is 7.09.